The van der Waals surface area contributed by atoms with Crippen LogP contribution >= 0.6 is 11.6 Å². The van der Waals surface area contributed by atoms with E-state index < -0.39 is 0 Å². The molecule has 0 bridgehead atoms. The summed E-state index contributed by atoms with van der Waals surface area (Å²) < 4.78 is 7.51. The first kappa shape index (κ1) is 20.1. The first-order chi connectivity index (χ1) is 13.3. The van der Waals surface area contributed by atoms with Gasteiger partial charge in [0, 0.05) is 35.9 Å². The fraction of sp³-hybridized carbons (Fsp3) is 0.381. The van der Waals surface area contributed by atoms with Crippen LogP contribution in [0.1, 0.15) is 29.1 Å². The maximum atomic E-state index is 12.5. The fourth-order valence-electron chi connectivity index (χ4n) is 3.18. The van der Waals surface area contributed by atoms with E-state index in [0.29, 0.717) is 31.0 Å². The monoisotopic (exact) mass is 400 g/mol. The Bertz CT molecular complexity index is 982. The van der Waals surface area contributed by atoms with E-state index in [4.69, 9.17) is 16.3 Å². The number of fused-ring (bicyclic) bond motifs is 1. The summed E-state index contributed by atoms with van der Waals surface area (Å²) in [5, 5.41) is 5.16. The van der Waals surface area contributed by atoms with Gasteiger partial charge in [0.25, 0.3) is 0 Å². The van der Waals surface area contributed by atoms with E-state index in [1.54, 1.807) is 24.1 Å². The van der Waals surface area contributed by atoms with Crippen LogP contribution in [0.15, 0.2) is 30.3 Å². The van der Waals surface area contributed by atoms with Crippen LogP contribution in [-0.4, -0.2) is 45.6 Å². The number of rotatable bonds is 7. The number of aryl methyl sites for hydroxylation is 3. The van der Waals surface area contributed by atoms with E-state index in [9.17, 15) is 4.79 Å². The van der Waals surface area contributed by atoms with Crippen molar-refractivity contribution < 1.29 is 9.53 Å². The third-order valence-corrected chi connectivity index (χ3v) is 5.06. The minimum Gasteiger partial charge on any atom is -0.492 e. The summed E-state index contributed by atoms with van der Waals surface area (Å²) >= 11 is 5.86. The molecule has 2 aromatic heterocycles. The zero-order valence-corrected chi connectivity index (χ0v) is 17.5. The van der Waals surface area contributed by atoms with Crippen LogP contribution in [0.25, 0.3) is 5.65 Å². The Morgan fingerprint density at radius 2 is 1.93 bits per heavy atom. The number of halogens is 1. The number of ether oxygens (including phenoxy) is 1. The molecule has 0 aliphatic carbocycles. The molecule has 0 atom stereocenters. The minimum absolute atomic E-state index is 0.0789. The van der Waals surface area contributed by atoms with Gasteiger partial charge in [-0.1, -0.05) is 11.6 Å². The number of carbonyl (C=O) groups is 1. The highest BCUT2D eigenvalue weighted by atomic mass is 35.5. The van der Waals surface area contributed by atoms with E-state index >= 15 is 0 Å². The Balaban J connectivity index is 1.54. The molecule has 0 radical (unpaired) electrons. The van der Waals surface area contributed by atoms with Crippen LogP contribution in [0.5, 0.6) is 5.75 Å². The maximum absolute atomic E-state index is 12.5. The van der Waals surface area contributed by atoms with E-state index in [1.807, 2.05) is 43.5 Å². The molecule has 148 valence electrons. The van der Waals surface area contributed by atoms with E-state index in [1.165, 1.54) is 0 Å². The highest BCUT2D eigenvalue weighted by Gasteiger charge is 2.14. The lowest BCUT2D eigenvalue weighted by Gasteiger charge is -2.18. The second-order valence-electron chi connectivity index (χ2n) is 6.93. The molecule has 3 aromatic rings. The van der Waals surface area contributed by atoms with Crippen molar-refractivity contribution in [1.29, 1.82) is 0 Å². The standard InChI is InChI=1S/C21H25ClN4O2/c1-14-13-20-23-15(2)19(16(3)26(20)24-14)9-10-21(27)25(4)11-12-28-18-7-5-17(22)6-8-18/h5-8,13H,9-12H2,1-4H3. The van der Waals surface area contributed by atoms with Crippen molar-refractivity contribution in [3.63, 3.8) is 0 Å². The summed E-state index contributed by atoms with van der Waals surface area (Å²) in [7, 11) is 1.80. The van der Waals surface area contributed by atoms with Crippen molar-refractivity contribution in [2.45, 2.75) is 33.6 Å². The van der Waals surface area contributed by atoms with Gasteiger partial charge in [0.15, 0.2) is 5.65 Å². The van der Waals surface area contributed by atoms with Gasteiger partial charge in [0.2, 0.25) is 5.91 Å². The van der Waals surface area contributed by atoms with Crippen LogP contribution in [-0.2, 0) is 11.2 Å². The highest BCUT2D eigenvalue weighted by molar-refractivity contribution is 6.30. The molecule has 1 amide bonds. The summed E-state index contributed by atoms with van der Waals surface area (Å²) in [5.74, 6) is 0.820. The molecular formula is C21H25ClN4O2. The first-order valence-electron chi connectivity index (χ1n) is 9.30. The van der Waals surface area contributed by atoms with Gasteiger partial charge in [-0.3, -0.25) is 4.79 Å². The molecule has 7 heteroatoms. The Morgan fingerprint density at radius 1 is 1.21 bits per heavy atom. The van der Waals surface area contributed by atoms with Gasteiger partial charge in [-0.2, -0.15) is 5.10 Å². The van der Waals surface area contributed by atoms with E-state index in [2.05, 4.69) is 10.1 Å². The van der Waals surface area contributed by atoms with Gasteiger partial charge in [-0.05, 0) is 57.0 Å². The van der Waals surface area contributed by atoms with Crippen molar-refractivity contribution in [1.82, 2.24) is 19.5 Å². The lowest BCUT2D eigenvalue weighted by atomic mass is 10.1. The topological polar surface area (TPSA) is 59.7 Å². The van der Waals surface area contributed by atoms with Crippen molar-refractivity contribution in [2.24, 2.45) is 0 Å². The SMILES string of the molecule is Cc1cc2nc(C)c(CCC(=O)N(C)CCOc3ccc(Cl)cc3)c(C)n2n1. The van der Waals surface area contributed by atoms with Gasteiger partial charge < -0.3 is 9.64 Å². The number of nitrogens with zero attached hydrogens (tertiary/aromatic N) is 4. The summed E-state index contributed by atoms with van der Waals surface area (Å²) in [4.78, 5) is 18.8. The molecule has 0 aliphatic rings. The molecule has 1 aromatic carbocycles. The average molecular weight is 401 g/mol. The number of benzene rings is 1. The first-order valence-corrected chi connectivity index (χ1v) is 9.67. The molecule has 28 heavy (non-hydrogen) atoms. The quantitative estimate of drug-likeness (QED) is 0.605. The minimum atomic E-state index is 0.0789. The Labute approximate surface area is 170 Å². The van der Waals surface area contributed by atoms with Crippen molar-refractivity contribution in [3.05, 3.63) is 58.0 Å². The third-order valence-electron chi connectivity index (χ3n) is 4.81. The highest BCUT2D eigenvalue weighted by Crippen LogP contribution is 2.18. The molecule has 0 unspecified atom stereocenters. The smallest absolute Gasteiger partial charge is 0.222 e. The Hall–Kier alpha value is -2.60. The number of amides is 1. The normalized spacial score (nSPS) is 11.0. The van der Waals surface area contributed by atoms with Crippen molar-refractivity contribution in [3.8, 4) is 5.75 Å². The second-order valence-corrected chi connectivity index (χ2v) is 7.37. The van der Waals surface area contributed by atoms with Gasteiger partial charge in [-0.25, -0.2) is 9.50 Å². The molecule has 0 spiro atoms. The summed E-state index contributed by atoms with van der Waals surface area (Å²) in [6, 6.07) is 9.15. The predicted molar refractivity (Wildman–Crippen MR) is 110 cm³/mol. The predicted octanol–water partition coefficient (Wildman–Crippen LogP) is 3.78. The third kappa shape index (κ3) is 4.62. The largest absolute Gasteiger partial charge is 0.492 e. The molecule has 6 nitrogen and oxygen atoms in total. The summed E-state index contributed by atoms with van der Waals surface area (Å²) in [6.45, 7) is 6.92. The number of hydrogen-bond acceptors (Lipinski definition) is 4. The maximum Gasteiger partial charge on any atom is 0.222 e. The van der Waals surface area contributed by atoms with Crippen LogP contribution < -0.4 is 4.74 Å². The lowest BCUT2D eigenvalue weighted by Crippen LogP contribution is -2.31. The molecule has 0 fully saturated rings. The van der Waals surface area contributed by atoms with Gasteiger partial charge >= 0.3 is 0 Å². The summed E-state index contributed by atoms with van der Waals surface area (Å²) in [5.41, 5.74) is 4.85. The molecule has 2 heterocycles. The Kier molecular flexibility index (Phi) is 6.19. The number of carbonyl (C=O) groups excluding carboxylic acids is 1. The van der Waals surface area contributed by atoms with Crippen LogP contribution in [0.2, 0.25) is 5.02 Å². The average Bonchev–Trinajstić information content (AvgIpc) is 3.03. The Morgan fingerprint density at radius 3 is 2.64 bits per heavy atom. The number of hydrogen-bond donors (Lipinski definition) is 0. The van der Waals surface area contributed by atoms with Gasteiger partial charge in [-0.15, -0.1) is 0 Å². The lowest BCUT2D eigenvalue weighted by molar-refractivity contribution is -0.130. The van der Waals surface area contributed by atoms with Crippen molar-refractivity contribution in [2.75, 3.05) is 20.2 Å². The zero-order valence-electron chi connectivity index (χ0n) is 16.7. The molecule has 0 saturated heterocycles. The van der Waals surface area contributed by atoms with Gasteiger partial charge in [0.1, 0.15) is 12.4 Å². The van der Waals surface area contributed by atoms with E-state index in [-0.39, 0.29) is 5.91 Å². The summed E-state index contributed by atoms with van der Waals surface area (Å²) in [6.07, 6.45) is 1.06. The number of aromatic nitrogens is 3. The van der Waals surface area contributed by atoms with Crippen LogP contribution in [0, 0.1) is 20.8 Å². The molecule has 0 saturated carbocycles. The molecule has 3 rings (SSSR count). The molecular weight excluding hydrogens is 376 g/mol. The van der Waals surface area contributed by atoms with E-state index in [0.717, 1.165) is 34.0 Å². The fourth-order valence-corrected chi connectivity index (χ4v) is 3.31. The molecule has 0 aliphatic heterocycles. The van der Waals surface area contributed by atoms with Gasteiger partial charge in [0.05, 0.1) is 12.2 Å². The molecule has 0 N–H and O–H groups in total. The zero-order chi connectivity index (χ0) is 20.3. The van der Waals surface area contributed by atoms with Crippen molar-refractivity contribution >= 4 is 23.2 Å². The van der Waals surface area contributed by atoms with Crippen LogP contribution in [0.3, 0.4) is 0 Å². The number of likely N-dealkylation sites (N-methyl/N-ethyl adjacent to an activating group) is 1. The van der Waals surface area contributed by atoms with Crippen LogP contribution in [0.4, 0.5) is 0 Å². The second kappa shape index (κ2) is 8.61.